The summed E-state index contributed by atoms with van der Waals surface area (Å²) in [5, 5.41) is 8.97. The summed E-state index contributed by atoms with van der Waals surface area (Å²) in [6.45, 7) is 4.04. The van der Waals surface area contributed by atoms with Crippen molar-refractivity contribution < 1.29 is 19.3 Å². The molecule has 0 bridgehead atoms. The average Bonchev–Trinajstić information content (AvgIpc) is 2.42. The molecule has 5 heteroatoms. The number of hydrogen-bond acceptors (Lipinski definition) is 4. The lowest BCUT2D eigenvalue weighted by molar-refractivity contribution is -0.158. The van der Waals surface area contributed by atoms with Crippen LogP contribution in [0.5, 0.6) is 0 Å². The first-order valence-electron chi connectivity index (χ1n) is 4.33. The molecule has 1 aliphatic heterocycles. The van der Waals surface area contributed by atoms with Gasteiger partial charge in [0.15, 0.2) is 5.79 Å². The Kier molecular flexibility index (Phi) is 3.73. The van der Waals surface area contributed by atoms with Crippen molar-refractivity contribution in [3.05, 3.63) is 0 Å². The van der Waals surface area contributed by atoms with E-state index in [9.17, 15) is 0 Å². The highest BCUT2D eigenvalue weighted by molar-refractivity contribution is 6.08. The Morgan fingerprint density at radius 3 is 2.77 bits per heavy atom. The molecule has 1 N–H and O–H groups in total. The van der Waals surface area contributed by atoms with Gasteiger partial charge in [0, 0.05) is 6.51 Å². The Bertz CT molecular complexity index is 162. The van der Waals surface area contributed by atoms with Crippen LogP contribution in [0.15, 0.2) is 0 Å². The third-order valence-electron chi connectivity index (χ3n) is 1.94. The Labute approximate surface area is 79.6 Å². The van der Waals surface area contributed by atoms with Gasteiger partial charge in [-0.05, 0) is 13.8 Å². The van der Waals surface area contributed by atoms with Crippen LogP contribution in [-0.4, -0.2) is 50.7 Å². The summed E-state index contributed by atoms with van der Waals surface area (Å²) in [7, 11) is 5.21. The van der Waals surface area contributed by atoms with Crippen molar-refractivity contribution in [2.75, 3.05) is 19.7 Å². The van der Waals surface area contributed by atoms with Crippen LogP contribution in [0.25, 0.3) is 0 Å². The highest BCUT2D eigenvalue weighted by atomic mass is 16.7. The van der Waals surface area contributed by atoms with Gasteiger partial charge >= 0.3 is 0 Å². The Balaban J connectivity index is 2.43. The fourth-order valence-electron chi connectivity index (χ4n) is 1.30. The van der Waals surface area contributed by atoms with Crippen LogP contribution in [-0.2, 0) is 14.2 Å². The van der Waals surface area contributed by atoms with E-state index in [-0.39, 0.29) is 19.2 Å². The summed E-state index contributed by atoms with van der Waals surface area (Å²) in [6.07, 6.45) is -0.629. The van der Waals surface area contributed by atoms with Gasteiger partial charge in [-0.25, -0.2) is 0 Å². The molecule has 0 amide bonds. The van der Waals surface area contributed by atoms with Crippen LogP contribution in [0.3, 0.4) is 0 Å². The van der Waals surface area contributed by atoms with Crippen LogP contribution in [0.4, 0.5) is 0 Å². The maximum Gasteiger partial charge on any atom is 0.163 e. The van der Waals surface area contributed by atoms with E-state index in [1.54, 1.807) is 0 Å². The summed E-state index contributed by atoms with van der Waals surface area (Å²) >= 11 is 0. The summed E-state index contributed by atoms with van der Waals surface area (Å²) in [5.74, 6) is -0.587. The Morgan fingerprint density at radius 2 is 2.38 bits per heavy atom. The standard InChI is InChI=1S/C8H15BO4/c1-8(2)12-4-7(13-8)6(3-10)11-5-9/h6-7,10H,3-5H2,1-2H3/t6-,7?/m1/s1. The third kappa shape index (κ3) is 2.95. The number of hydrogen-bond donors (Lipinski definition) is 1. The fourth-order valence-corrected chi connectivity index (χ4v) is 1.30. The van der Waals surface area contributed by atoms with Crippen LogP contribution in [0.1, 0.15) is 13.8 Å². The molecule has 0 aromatic heterocycles. The van der Waals surface area contributed by atoms with Gasteiger partial charge in [0.05, 0.1) is 13.2 Å². The minimum atomic E-state index is -0.587. The molecule has 2 atom stereocenters. The molecular formula is C8H15BO4. The first kappa shape index (κ1) is 11.0. The van der Waals surface area contributed by atoms with Crippen molar-refractivity contribution in [3.8, 4) is 0 Å². The molecule has 1 saturated heterocycles. The summed E-state index contributed by atoms with van der Waals surface area (Å²) < 4.78 is 15.9. The molecule has 0 saturated carbocycles. The molecule has 0 aromatic rings. The van der Waals surface area contributed by atoms with Gasteiger partial charge < -0.3 is 19.3 Å². The first-order chi connectivity index (χ1) is 6.09. The normalized spacial score (nSPS) is 29.0. The molecule has 74 valence electrons. The molecule has 0 spiro atoms. The molecule has 1 unspecified atom stereocenters. The first-order valence-corrected chi connectivity index (χ1v) is 4.33. The van der Waals surface area contributed by atoms with Gasteiger partial charge in [-0.15, -0.1) is 0 Å². The second-order valence-corrected chi connectivity index (χ2v) is 3.42. The van der Waals surface area contributed by atoms with Crippen LogP contribution in [0.2, 0.25) is 0 Å². The highest BCUT2D eigenvalue weighted by Gasteiger charge is 2.37. The average molecular weight is 186 g/mol. The number of rotatable bonds is 4. The fraction of sp³-hybridized carbons (Fsp3) is 1.00. The van der Waals surface area contributed by atoms with E-state index in [4.69, 9.17) is 27.2 Å². The van der Waals surface area contributed by atoms with E-state index >= 15 is 0 Å². The molecule has 13 heavy (non-hydrogen) atoms. The molecule has 4 nitrogen and oxygen atoms in total. The van der Waals surface area contributed by atoms with Crippen molar-refractivity contribution in [2.45, 2.75) is 31.8 Å². The largest absolute Gasteiger partial charge is 0.394 e. The number of aliphatic hydroxyl groups is 1. The quantitative estimate of drug-likeness (QED) is 0.609. The van der Waals surface area contributed by atoms with Crippen molar-refractivity contribution >= 4 is 7.85 Å². The van der Waals surface area contributed by atoms with E-state index in [1.165, 1.54) is 0 Å². The Morgan fingerprint density at radius 1 is 1.69 bits per heavy atom. The van der Waals surface area contributed by atoms with Gasteiger partial charge in [0.2, 0.25) is 0 Å². The zero-order valence-corrected chi connectivity index (χ0v) is 8.03. The minimum Gasteiger partial charge on any atom is -0.394 e. The van der Waals surface area contributed by atoms with Gasteiger partial charge in [0.25, 0.3) is 0 Å². The van der Waals surface area contributed by atoms with E-state index < -0.39 is 11.9 Å². The monoisotopic (exact) mass is 186 g/mol. The molecule has 1 rings (SSSR count). The molecule has 1 fully saturated rings. The van der Waals surface area contributed by atoms with Crippen molar-refractivity contribution in [1.82, 2.24) is 0 Å². The van der Waals surface area contributed by atoms with Crippen molar-refractivity contribution in [2.24, 2.45) is 0 Å². The maximum absolute atomic E-state index is 8.97. The highest BCUT2D eigenvalue weighted by Crippen LogP contribution is 2.24. The molecule has 0 aliphatic carbocycles. The van der Waals surface area contributed by atoms with Crippen LogP contribution >= 0.6 is 0 Å². The minimum absolute atomic E-state index is 0.0749. The molecule has 1 heterocycles. The predicted molar refractivity (Wildman–Crippen MR) is 47.5 cm³/mol. The molecular weight excluding hydrogens is 171 g/mol. The lowest BCUT2D eigenvalue weighted by Gasteiger charge is -2.22. The van der Waals surface area contributed by atoms with Gasteiger partial charge in [0.1, 0.15) is 20.1 Å². The third-order valence-corrected chi connectivity index (χ3v) is 1.94. The van der Waals surface area contributed by atoms with Crippen LogP contribution < -0.4 is 0 Å². The lowest BCUT2D eigenvalue weighted by atomic mass is 10.2. The SMILES string of the molecule is [B]CO[C@H](CO)C1COC(C)(C)O1. The molecule has 0 aromatic carbocycles. The molecule has 1 aliphatic rings. The zero-order chi connectivity index (χ0) is 9.90. The van der Waals surface area contributed by atoms with Gasteiger partial charge in [-0.2, -0.15) is 0 Å². The Hall–Kier alpha value is -0.0951. The van der Waals surface area contributed by atoms with Crippen molar-refractivity contribution in [3.63, 3.8) is 0 Å². The second-order valence-electron chi connectivity index (χ2n) is 3.42. The van der Waals surface area contributed by atoms with Crippen molar-refractivity contribution in [1.29, 1.82) is 0 Å². The summed E-state index contributed by atoms with van der Waals surface area (Å²) in [6, 6.07) is 0. The number of aliphatic hydroxyl groups excluding tert-OH is 1. The van der Waals surface area contributed by atoms with Gasteiger partial charge in [-0.3, -0.25) is 0 Å². The smallest absolute Gasteiger partial charge is 0.163 e. The van der Waals surface area contributed by atoms with Gasteiger partial charge in [-0.1, -0.05) is 0 Å². The lowest BCUT2D eigenvalue weighted by Crippen LogP contribution is -2.36. The predicted octanol–water partition coefficient (Wildman–Crippen LogP) is -0.359. The second kappa shape index (κ2) is 4.42. The maximum atomic E-state index is 8.97. The number of ether oxygens (including phenoxy) is 3. The van der Waals surface area contributed by atoms with E-state index in [1.807, 2.05) is 13.8 Å². The topological polar surface area (TPSA) is 47.9 Å². The summed E-state index contributed by atoms with van der Waals surface area (Å²) in [4.78, 5) is 0. The van der Waals surface area contributed by atoms with E-state index in [0.717, 1.165) is 0 Å². The van der Waals surface area contributed by atoms with E-state index in [2.05, 4.69) is 0 Å². The molecule has 2 radical (unpaired) electrons. The summed E-state index contributed by atoms with van der Waals surface area (Å²) in [5.41, 5.74) is 0. The van der Waals surface area contributed by atoms with Crippen LogP contribution in [0, 0.1) is 0 Å². The zero-order valence-electron chi connectivity index (χ0n) is 8.03. The van der Waals surface area contributed by atoms with E-state index in [0.29, 0.717) is 6.61 Å².